The first-order chi connectivity index (χ1) is 13.1. The molecular weight excluding hydrogens is 471 g/mol. The number of guanidine groups is 1. The van der Waals surface area contributed by atoms with Crippen LogP contribution in [-0.4, -0.2) is 45.3 Å². The lowest BCUT2D eigenvalue weighted by Gasteiger charge is -2.23. The minimum Gasteiger partial charge on any atom is -0.496 e. The molecule has 0 aliphatic rings. The Morgan fingerprint density at radius 3 is 2.39 bits per heavy atom. The van der Waals surface area contributed by atoms with E-state index in [9.17, 15) is 4.79 Å². The number of carbonyl (C=O) groups is 1. The maximum atomic E-state index is 11.2. The second kappa shape index (κ2) is 12.1. The fourth-order valence-corrected chi connectivity index (χ4v) is 2.60. The molecule has 0 aliphatic heterocycles. The SMILES string of the molecule is CN=C(NCc1ccc(NC(=O)OC)cc1)N(C)Cc1ccccc1OC.I. The second-order valence-electron chi connectivity index (χ2n) is 5.88. The fraction of sp³-hybridized carbons (Fsp3) is 0.300. The number of nitrogens with one attached hydrogen (secondary N) is 2. The maximum absolute atomic E-state index is 11.2. The molecule has 2 rings (SSSR count). The molecule has 152 valence electrons. The number of carbonyl (C=O) groups excluding carboxylic acids is 1. The standard InChI is InChI=1S/C20H26N4O3.HI/c1-21-19(24(2)14-16-7-5-6-8-18(16)26-3)22-13-15-9-11-17(12-10-15)23-20(25)27-4;/h5-12H,13-14H2,1-4H3,(H,21,22)(H,23,25);1H. The van der Waals surface area contributed by atoms with Crippen LogP contribution in [0.2, 0.25) is 0 Å². The summed E-state index contributed by atoms with van der Waals surface area (Å²) < 4.78 is 9.99. The van der Waals surface area contributed by atoms with E-state index in [0.717, 1.165) is 22.8 Å². The lowest BCUT2D eigenvalue weighted by Crippen LogP contribution is -2.38. The van der Waals surface area contributed by atoms with E-state index < -0.39 is 6.09 Å². The van der Waals surface area contributed by atoms with Crippen molar-refractivity contribution in [2.45, 2.75) is 13.1 Å². The van der Waals surface area contributed by atoms with Gasteiger partial charge >= 0.3 is 6.09 Å². The highest BCUT2D eigenvalue weighted by Crippen LogP contribution is 2.18. The van der Waals surface area contributed by atoms with E-state index in [0.29, 0.717) is 18.8 Å². The number of halogens is 1. The zero-order valence-corrected chi connectivity index (χ0v) is 18.9. The molecule has 0 aromatic heterocycles. The van der Waals surface area contributed by atoms with Gasteiger partial charge in [0.05, 0.1) is 14.2 Å². The van der Waals surface area contributed by atoms with Gasteiger partial charge in [-0.05, 0) is 23.8 Å². The van der Waals surface area contributed by atoms with Gasteiger partial charge in [0.2, 0.25) is 0 Å². The Hall–Kier alpha value is -2.49. The summed E-state index contributed by atoms with van der Waals surface area (Å²) in [4.78, 5) is 17.6. The number of methoxy groups -OCH3 is 2. The molecule has 0 aliphatic carbocycles. The topological polar surface area (TPSA) is 75.2 Å². The van der Waals surface area contributed by atoms with E-state index in [1.165, 1.54) is 7.11 Å². The molecular formula is C20H27IN4O3. The first kappa shape index (κ1) is 23.5. The number of hydrogen-bond donors (Lipinski definition) is 2. The summed E-state index contributed by atoms with van der Waals surface area (Å²) >= 11 is 0. The van der Waals surface area contributed by atoms with Crippen molar-refractivity contribution in [3.63, 3.8) is 0 Å². The minimum absolute atomic E-state index is 0. The summed E-state index contributed by atoms with van der Waals surface area (Å²) in [5, 5.41) is 5.96. The number of anilines is 1. The number of para-hydroxylation sites is 1. The van der Waals surface area contributed by atoms with E-state index in [1.54, 1.807) is 14.2 Å². The molecule has 28 heavy (non-hydrogen) atoms. The molecule has 0 saturated heterocycles. The number of amides is 1. The number of benzene rings is 2. The van der Waals surface area contributed by atoms with Crippen LogP contribution >= 0.6 is 24.0 Å². The van der Waals surface area contributed by atoms with Crippen LogP contribution in [-0.2, 0) is 17.8 Å². The molecule has 0 bridgehead atoms. The summed E-state index contributed by atoms with van der Waals surface area (Å²) in [5.74, 6) is 1.63. The van der Waals surface area contributed by atoms with E-state index in [2.05, 4.69) is 20.4 Å². The van der Waals surface area contributed by atoms with Crippen LogP contribution in [0.1, 0.15) is 11.1 Å². The maximum Gasteiger partial charge on any atom is 0.411 e. The lowest BCUT2D eigenvalue weighted by atomic mass is 10.2. The van der Waals surface area contributed by atoms with Gasteiger partial charge in [0.25, 0.3) is 0 Å². The van der Waals surface area contributed by atoms with Crippen molar-refractivity contribution in [2.75, 3.05) is 33.6 Å². The Balaban J connectivity index is 0.00000392. The van der Waals surface area contributed by atoms with Crippen LogP contribution in [0.3, 0.4) is 0 Å². The van der Waals surface area contributed by atoms with Gasteiger partial charge in [-0.2, -0.15) is 0 Å². The highest BCUT2D eigenvalue weighted by molar-refractivity contribution is 14.0. The van der Waals surface area contributed by atoms with E-state index in [-0.39, 0.29) is 24.0 Å². The quantitative estimate of drug-likeness (QED) is 0.361. The number of hydrogen-bond acceptors (Lipinski definition) is 4. The normalized spacial score (nSPS) is 10.5. The Kier molecular flexibility index (Phi) is 10.1. The van der Waals surface area contributed by atoms with Crippen LogP contribution in [0.25, 0.3) is 0 Å². The molecule has 7 nitrogen and oxygen atoms in total. The van der Waals surface area contributed by atoms with Gasteiger partial charge < -0.3 is 19.7 Å². The summed E-state index contributed by atoms with van der Waals surface area (Å²) in [6.45, 7) is 1.28. The molecule has 0 unspecified atom stereocenters. The van der Waals surface area contributed by atoms with Crippen molar-refractivity contribution in [3.8, 4) is 5.75 Å². The van der Waals surface area contributed by atoms with Crippen LogP contribution in [0.5, 0.6) is 5.75 Å². The third-order valence-electron chi connectivity index (χ3n) is 4.01. The van der Waals surface area contributed by atoms with Crippen molar-refractivity contribution < 1.29 is 14.3 Å². The fourth-order valence-electron chi connectivity index (χ4n) is 2.60. The molecule has 1 amide bonds. The number of ether oxygens (including phenoxy) is 2. The van der Waals surface area contributed by atoms with Gasteiger partial charge in [0.15, 0.2) is 5.96 Å². The first-order valence-corrected chi connectivity index (χ1v) is 8.55. The third kappa shape index (κ3) is 6.91. The molecule has 8 heteroatoms. The Bertz CT molecular complexity index is 781. The highest BCUT2D eigenvalue weighted by atomic mass is 127. The molecule has 0 fully saturated rings. The monoisotopic (exact) mass is 498 g/mol. The zero-order chi connectivity index (χ0) is 19.6. The average Bonchev–Trinajstić information content (AvgIpc) is 2.70. The summed E-state index contributed by atoms with van der Waals surface area (Å²) in [6.07, 6.45) is -0.487. The minimum atomic E-state index is -0.487. The van der Waals surface area contributed by atoms with Crippen molar-refractivity contribution in [1.29, 1.82) is 0 Å². The van der Waals surface area contributed by atoms with Crippen LogP contribution in [0.4, 0.5) is 10.5 Å². The number of nitrogens with zero attached hydrogens (tertiary/aromatic N) is 2. The average molecular weight is 498 g/mol. The van der Waals surface area contributed by atoms with E-state index in [1.807, 2.05) is 60.5 Å². The van der Waals surface area contributed by atoms with Crippen molar-refractivity contribution in [1.82, 2.24) is 10.2 Å². The number of rotatable bonds is 6. The molecule has 0 atom stereocenters. The Morgan fingerprint density at radius 1 is 1.11 bits per heavy atom. The molecule has 2 aromatic rings. The van der Waals surface area contributed by atoms with E-state index >= 15 is 0 Å². The van der Waals surface area contributed by atoms with Gasteiger partial charge in [-0.15, -0.1) is 24.0 Å². The smallest absolute Gasteiger partial charge is 0.411 e. The zero-order valence-electron chi connectivity index (χ0n) is 16.6. The predicted octanol–water partition coefficient (Wildman–Crippen LogP) is 3.70. The lowest BCUT2D eigenvalue weighted by molar-refractivity contribution is 0.187. The molecule has 0 spiro atoms. The Labute approximate surface area is 183 Å². The summed E-state index contributed by atoms with van der Waals surface area (Å²) in [6, 6.07) is 15.5. The highest BCUT2D eigenvalue weighted by Gasteiger charge is 2.10. The molecule has 0 radical (unpaired) electrons. The van der Waals surface area contributed by atoms with Crippen LogP contribution in [0.15, 0.2) is 53.5 Å². The second-order valence-corrected chi connectivity index (χ2v) is 5.88. The van der Waals surface area contributed by atoms with Crippen LogP contribution < -0.4 is 15.4 Å². The van der Waals surface area contributed by atoms with Gasteiger partial charge in [-0.3, -0.25) is 10.3 Å². The largest absolute Gasteiger partial charge is 0.496 e. The third-order valence-corrected chi connectivity index (χ3v) is 4.01. The predicted molar refractivity (Wildman–Crippen MR) is 123 cm³/mol. The summed E-state index contributed by atoms with van der Waals surface area (Å²) in [5.41, 5.74) is 2.84. The molecule has 2 N–H and O–H groups in total. The molecule has 2 aromatic carbocycles. The first-order valence-electron chi connectivity index (χ1n) is 8.55. The van der Waals surface area contributed by atoms with Gasteiger partial charge in [0.1, 0.15) is 5.75 Å². The Morgan fingerprint density at radius 2 is 1.79 bits per heavy atom. The van der Waals surface area contributed by atoms with Crippen molar-refractivity contribution >= 4 is 41.7 Å². The van der Waals surface area contributed by atoms with Crippen molar-refractivity contribution in [3.05, 3.63) is 59.7 Å². The van der Waals surface area contributed by atoms with Gasteiger partial charge in [-0.25, -0.2) is 4.79 Å². The summed E-state index contributed by atoms with van der Waals surface area (Å²) in [7, 11) is 6.74. The van der Waals surface area contributed by atoms with Crippen LogP contribution in [0, 0.1) is 0 Å². The number of aliphatic imine (C=N–C) groups is 1. The molecule has 0 heterocycles. The van der Waals surface area contributed by atoms with Crippen molar-refractivity contribution in [2.24, 2.45) is 4.99 Å². The van der Waals surface area contributed by atoms with Gasteiger partial charge in [-0.1, -0.05) is 30.3 Å². The van der Waals surface area contributed by atoms with Gasteiger partial charge in [0, 0.05) is 38.4 Å². The molecule has 0 saturated carbocycles. The van der Waals surface area contributed by atoms with E-state index in [4.69, 9.17) is 4.74 Å².